The smallest absolute Gasteiger partial charge is 0.328 e. The third-order valence-electron chi connectivity index (χ3n) is 5.45. The monoisotopic (exact) mass is 421 g/mol. The first-order chi connectivity index (χ1) is 14.9. The van der Waals surface area contributed by atoms with Gasteiger partial charge in [0.05, 0.1) is 5.52 Å². The Morgan fingerprint density at radius 1 is 1.00 bits per heavy atom. The molecule has 0 spiro atoms. The van der Waals surface area contributed by atoms with Gasteiger partial charge >= 0.3 is 6.03 Å². The maximum atomic E-state index is 13.1. The zero-order valence-corrected chi connectivity index (χ0v) is 17.5. The first-order valence-electron chi connectivity index (χ1n) is 10.1. The number of rotatable bonds is 3. The molecule has 160 valence electrons. The van der Waals surface area contributed by atoms with E-state index in [2.05, 4.69) is 22.2 Å². The van der Waals surface area contributed by atoms with Crippen molar-refractivity contribution in [2.45, 2.75) is 0 Å². The summed E-state index contributed by atoms with van der Waals surface area (Å²) in [5.74, 6) is -0.0111. The molecule has 0 saturated carbocycles. The van der Waals surface area contributed by atoms with Crippen LogP contribution in [0.4, 0.5) is 20.7 Å². The summed E-state index contributed by atoms with van der Waals surface area (Å²) in [6.07, 6.45) is 0. The second-order valence-electron chi connectivity index (χ2n) is 7.67. The topological polar surface area (TPSA) is 68.8 Å². The Morgan fingerprint density at radius 2 is 1.71 bits per heavy atom. The maximum absolute atomic E-state index is 13.1. The van der Waals surface area contributed by atoms with Gasteiger partial charge in [0.2, 0.25) is 0 Å². The zero-order chi connectivity index (χ0) is 22.0. The van der Waals surface area contributed by atoms with E-state index in [1.165, 1.54) is 31.3 Å². The van der Waals surface area contributed by atoms with E-state index < -0.39 is 17.8 Å². The fraction of sp³-hybridized carbons (Fsp3) is 0.261. The molecule has 2 aromatic carbocycles. The number of imide groups is 1. The summed E-state index contributed by atoms with van der Waals surface area (Å²) >= 11 is 0. The van der Waals surface area contributed by atoms with Gasteiger partial charge < -0.3 is 15.1 Å². The molecule has 3 aromatic rings. The molecular formula is C23H24FN5O2. The molecule has 0 atom stereocenters. The number of carbonyl (C=O) groups is 2. The number of hydrogen-bond acceptors (Lipinski definition) is 5. The Kier molecular flexibility index (Phi) is 5.81. The average Bonchev–Trinajstić information content (AvgIpc) is 2.78. The lowest BCUT2D eigenvalue weighted by atomic mass is 10.2. The van der Waals surface area contributed by atoms with E-state index in [0.29, 0.717) is 5.69 Å². The van der Waals surface area contributed by atoms with E-state index in [4.69, 9.17) is 4.98 Å². The molecule has 3 amide bonds. The van der Waals surface area contributed by atoms with Gasteiger partial charge in [-0.05, 0) is 61.6 Å². The minimum absolute atomic E-state index is 0.234. The summed E-state index contributed by atoms with van der Waals surface area (Å²) < 4.78 is 13.1. The number of pyridine rings is 1. The number of aromatic nitrogens is 1. The average molecular weight is 421 g/mol. The van der Waals surface area contributed by atoms with Crippen LogP contribution in [-0.2, 0) is 0 Å². The minimum atomic E-state index is -0.573. The molecule has 0 bridgehead atoms. The first kappa shape index (κ1) is 20.7. The third kappa shape index (κ3) is 4.64. The van der Waals surface area contributed by atoms with Crippen molar-refractivity contribution in [2.75, 3.05) is 50.5 Å². The van der Waals surface area contributed by atoms with Gasteiger partial charge in [-0.2, -0.15) is 0 Å². The van der Waals surface area contributed by atoms with Crippen LogP contribution in [0, 0.1) is 5.82 Å². The highest BCUT2D eigenvalue weighted by Crippen LogP contribution is 2.22. The van der Waals surface area contributed by atoms with E-state index in [1.807, 2.05) is 24.3 Å². The van der Waals surface area contributed by atoms with Crippen LogP contribution in [0.1, 0.15) is 10.4 Å². The number of benzene rings is 2. The summed E-state index contributed by atoms with van der Waals surface area (Å²) in [6, 6.07) is 13.9. The third-order valence-corrected chi connectivity index (χ3v) is 5.45. The van der Waals surface area contributed by atoms with Gasteiger partial charge in [0.25, 0.3) is 5.91 Å². The lowest BCUT2D eigenvalue weighted by Crippen LogP contribution is -2.44. The number of halogens is 1. The minimum Gasteiger partial charge on any atom is -0.354 e. The number of likely N-dealkylation sites (N-methyl/N-ethyl adjacent to an activating group) is 1. The summed E-state index contributed by atoms with van der Waals surface area (Å²) in [4.78, 5) is 35.2. The number of nitrogens with zero attached hydrogens (tertiary/aromatic N) is 4. The largest absolute Gasteiger partial charge is 0.354 e. The molecule has 1 saturated heterocycles. The van der Waals surface area contributed by atoms with Gasteiger partial charge in [-0.25, -0.2) is 14.2 Å². The Balaban J connectivity index is 1.45. The van der Waals surface area contributed by atoms with Crippen LogP contribution in [0.3, 0.4) is 0 Å². The van der Waals surface area contributed by atoms with E-state index in [9.17, 15) is 14.0 Å². The SMILES string of the molecule is CN1CCN(c2ccc3cc(NC(=O)N(C)C(=O)c4ccc(F)cc4)ccc3n2)CC1. The van der Waals surface area contributed by atoms with Crippen molar-refractivity contribution in [3.05, 3.63) is 66.0 Å². The number of anilines is 2. The highest BCUT2D eigenvalue weighted by molar-refractivity contribution is 6.08. The van der Waals surface area contributed by atoms with Crippen molar-refractivity contribution >= 4 is 34.3 Å². The number of nitrogens with one attached hydrogen (secondary N) is 1. The van der Waals surface area contributed by atoms with Gasteiger partial charge in [-0.15, -0.1) is 0 Å². The van der Waals surface area contributed by atoms with Crippen LogP contribution in [-0.4, -0.2) is 67.0 Å². The standard InChI is InChI=1S/C23H24FN5O2/c1-27-11-13-29(14-12-27)21-10-5-17-15-19(8-9-20(17)26-21)25-23(31)28(2)22(30)16-3-6-18(24)7-4-16/h3-10,15H,11-14H2,1-2H3,(H,25,31). The first-order valence-corrected chi connectivity index (χ1v) is 10.1. The number of hydrogen-bond donors (Lipinski definition) is 1. The highest BCUT2D eigenvalue weighted by Gasteiger charge is 2.19. The summed E-state index contributed by atoms with van der Waals surface area (Å²) in [5, 5.41) is 3.62. The van der Waals surface area contributed by atoms with Crippen molar-refractivity contribution in [1.82, 2.24) is 14.8 Å². The normalized spacial score (nSPS) is 14.5. The molecule has 4 rings (SSSR count). The number of piperazine rings is 1. The van der Waals surface area contributed by atoms with Crippen LogP contribution < -0.4 is 10.2 Å². The van der Waals surface area contributed by atoms with E-state index >= 15 is 0 Å². The molecule has 1 aliphatic heterocycles. The van der Waals surface area contributed by atoms with Gasteiger partial charge in [-0.3, -0.25) is 9.69 Å². The van der Waals surface area contributed by atoms with E-state index in [1.54, 1.807) is 6.07 Å². The fourth-order valence-electron chi connectivity index (χ4n) is 3.49. The zero-order valence-electron chi connectivity index (χ0n) is 17.5. The molecule has 1 fully saturated rings. The lowest BCUT2D eigenvalue weighted by molar-refractivity contribution is 0.0841. The molecule has 7 nitrogen and oxygen atoms in total. The lowest BCUT2D eigenvalue weighted by Gasteiger charge is -2.33. The van der Waals surface area contributed by atoms with Crippen LogP contribution in [0.5, 0.6) is 0 Å². The van der Waals surface area contributed by atoms with Crippen molar-refractivity contribution in [3.8, 4) is 0 Å². The predicted octanol–water partition coefficient (Wildman–Crippen LogP) is 3.43. The molecule has 0 unspecified atom stereocenters. The quantitative estimate of drug-likeness (QED) is 0.702. The molecule has 0 aliphatic carbocycles. The molecule has 8 heteroatoms. The van der Waals surface area contributed by atoms with Crippen molar-refractivity contribution < 1.29 is 14.0 Å². The van der Waals surface area contributed by atoms with Crippen molar-refractivity contribution in [3.63, 3.8) is 0 Å². The highest BCUT2D eigenvalue weighted by atomic mass is 19.1. The van der Waals surface area contributed by atoms with Crippen LogP contribution in [0.15, 0.2) is 54.6 Å². The molecule has 31 heavy (non-hydrogen) atoms. The maximum Gasteiger partial charge on any atom is 0.328 e. The van der Waals surface area contributed by atoms with Crippen LogP contribution in [0.2, 0.25) is 0 Å². The Bertz CT molecular complexity index is 1110. The van der Waals surface area contributed by atoms with Crippen molar-refractivity contribution in [2.24, 2.45) is 0 Å². The van der Waals surface area contributed by atoms with Gasteiger partial charge in [0, 0.05) is 49.9 Å². The van der Waals surface area contributed by atoms with E-state index in [-0.39, 0.29) is 5.56 Å². The fourth-order valence-corrected chi connectivity index (χ4v) is 3.49. The van der Waals surface area contributed by atoms with Gasteiger partial charge in [-0.1, -0.05) is 0 Å². The Hall–Kier alpha value is -3.52. The van der Waals surface area contributed by atoms with Crippen LogP contribution >= 0.6 is 0 Å². The number of fused-ring (bicyclic) bond motifs is 1. The number of amides is 3. The van der Waals surface area contributed by atoms with Crippen molar-refractivity contribution in [1.29, 1.82) is 0 Å². The molecule has 2 heterocycles. The predicted molar refractivity (Wildman–Crippen MR) is 119 cm³/mol. The number of carbonyl (C=O) groups excluding carboxylic acids is 2. The summed E-state index contributed by atoms with van der Waals surface area (Å²) in [7, 11) is 3.50. The summed E-state index contributed by atoms with van der Waals surface area (Å²) in [5.41, 5.74) is 1.63. The van der Waals surface area contributed by atoms with E-state index in [0.717, 1.165) is 47.8 Å². The summed E-state index contributed by atoms with van der Waals surface area (Å²) in [6.45, 7) is 3.90. The second-order valence-corrected chi connectivity index (χ2v) is 7.67. The van der Waals surface area contributed by atoms with Gasteiger partial charge in [0.1, 0.15) is 11.6 Å². The Labute approximate surface area is 180 Å². The molecule has 1 N–H and O–H groups in total. The Morgan fingerprint density at radius 3 is 2.42 bits per heavy atom. The number of urea groups is 1. The molecule has 0 radical (unpaired) electrons. The molecule has 1 aliphatic rings. The molecular weight excluding hydrogens is 397 g/mol. The molecule has 1 aromatic heterocycles. The van der Waals surface area contributed by atoms with Crippen LogP contribution in [0.25, 0.3) is 10.9 Å². The second kappa shape index (κ2) is 8.69. The van der Waals surface area contributed by atoms with Gasteiger partial charge in [0.15, 0.2) is 0 Å².